The first-order valence-electron chi connectivity index (χ1n) is 7.94. The molecule has 126 valence electrons. The largest absolute Gasteiger partial charge is 0.356 e. The van der Waals surface area contributed by atoms with Crippen LogP contribution in [0.1, 0.15) is 39.5 Å². The van der Waals surface area contributed by atoms with Crippen LogP contribution in [0.3, 0.4) is 0 Å². The first kappa shape index (κ1) is 17.2. The highest BCUT2D eigenvalue weighted by molar-refractivity contribution is 7.91. The molecule has 1 saturated heterocycles. The zero-order valence-corrected chi connectivity index (χ0v) is 14.4. The number of amides is 2. The molecular formula is C15H26N2O4S. The van der Waals surface area contributed by atoms with Crippen LogP contribution in [0.2, 0.25) is 0 Å². The molecule has 1 saturated carbocycles. The predicted octanol–water partition coefficient (Wildman–Crippen LogP) is 0.573. The van der Waals surface area contributed by atoms with Crippen LogP contribution >= 0.6 is 0 Å². The standard InChI is InChI=1S/C15H26N2O4S/c1-10(2)17-9-12(4-5-14(17)18)15(19)16-8-11-6-13(7-11)22(3,20)21/h10-13H,4-9H2,1-3H3,(H,16,19). The molecule has 1 aliphatic heterocycles. The molecule has 0 bridgehead atoms. The summed E-state index contributed by atoms with van der Waals surface area (Å²) in [6, 6.07) is 0.116. The number of carbonyl (C=O) groups excluding carboxylic acids is 2. The van der Waals surface area contributed by atoms with Gasteiger partial charge in [-0.3, -0.25) is 9.59 Å². The van der Waals surface area contributed by atoms with Crippen molar-refractivity contribution in [2.24, 2.45) is 11.8 Å². The van der Waals surface area contributed by atoms with Crippen LogP contribution in [0.25, 0.3) is 0 Å². The molecule has 1 aliphatic carbocycles. The highest BCUT2D eigenvalue weighted by Gasteiger charge is 2.37. The van der Waals surface area contributed by atoms with Crippen LogP contribution in [-0.4, -0.2) is 55.8 Å². The molecule has 0 spiro atoms. The van der Waals surface area contributed by atoms with Crippen molar-refractivity contribution >= 4 is 21.7 Å². The van der Waals surface area contributed by atoms with Crippen molar-refractivity contribution in [3.05, 3.63) is 0 Å². The van der Waals surface area contributed by atoms with Crippen molar-refractivity contribution in [2.45, 2.75) is 50.8 Å². The number of hydrogen-bond donors (Lipinski definition) is 1. The van der Waals surface area contributed by atoms with Crippen LogP contribution in [0, 0.1) is 11.8 Å². The maximum absolute atomic E-state index is 12.2. The number of likely N-dealkylation sites (tertiary alicyclic amines) is 1. The third-order valence-electron chi connectivity index (χ3n) is 4.80. The summed E-state index contributed by atoms with van der Waals surface area (Å²) < 4.78 is 22.7. The third-order valence-corrected chi connectivity index (χ3v) is 6.40. The second kappa shape index (κ2) is 6.56. The predicted molar refractivity (Wildman–Crippen MR) is 83.9 cm³/mol. The van der Waals surface area contributed by atoms with Gasteiger partial charge in [0.25, 0.3) is 0 Å². The summed E-state index contributed by atoms with van der Waals surface area (Å²) in [4.78, 5) is 25.8. The quantitative estimate of drug-likeness (QED) is 0.799. The minimum atomic E-state index is -2.94. The summed E-state index contributed by atoms with van der Waals surface area (Å²) in [6.45, 7) is 4.94. The van der Waals surface area contributed by atoms with Crippen LogP contribution in [0.15, 0.2) is 0 Å². The van der Waals surface area contributed by atoms with E-state index >= 15 is 0 Å². The van der Waals surface area contributed by atoms with Crippen LogP contribution in [-0.2, 0) is 19.4 Å². The van der Waals surface area contributed by atoms with Gasteiger partial charge in [-0.25, -0.2) is 8.42 Å². The van der Waals surface area contributed by atoms with Gasteiger partial charge < -0.3 is 10.2 Å². The Labute approximate surface area is 132 Å². The van der Waals surface area contributed by atoms with E-state index in [9.17, 15) is 18.0 Å². The number of piperidine rings is 1. The van der Waals surface area contributed by atoms with E-state index in [1.54, 1.807) is 4.90 Å². The first-order chi connectivity index (χ1) is 10.2. The second-order valence-corrected chi connectivity index (χ2v) is 9.24. The fourth-order valence-electron chi connectivity index (χ4n) is 3.16. The van der Waals surface area contributed by atoms with E-state index in [4.69, 9.17) is 0 Å². The molecule has 0 radical (unpaired) electrons. The smallest absolute Gasteiger partial charge is 0.224 e. The molecule has 2 rings (SSSR count). The normalized spacial score (nSPS) is 29.4. The van der Waals surface area contributed by atoms with Gasteiger partial charge in [-0.2, -0.15) is 0 Å². The highest BCUT2D eigenvalue weighted by atomic mass is 32.2. The molecule has 0 aromatic rings. The lowest BCUT2D eigenvalue weighted by Crippen LogP contribution is -2.49. The van der Waals surface area contributed by atoms with Crippen molar-refractivity contribution in [1.82, 2.24) is 10.2 Å². The average molecular weight is 330 g/mol. The Morgan fingerprint density at radius 3 is 2.55 bits per heavy atom. The maximum atomic E-state index is 12.2. The Bertz CT molecular complexity index is 538. The monoisotopic (exact) mass is 330 g/mol. The lowest BCUT2D eigenvalue weighted by atomic mass is 9.84. The molecule has 1 heterocycles. The summed E-state index contributed by atoms with van der Waals surface area (Å²) >= 11 is 0. The van der Waals surface area contributed by atoms with E-state index < -0.39 is 9.84 Å². The van der Waals surface area contributed by atoms with Gasteiger partial charge in [0, 0.05) is 31.8 Å². The van der Waals surface area contributed by atoms with Crippen LogP contribution < -0.4 is 5.32 Å². The lowest BCUT2D eigenvalue weighted by Gasteiger charge is -2.36. The minimum absolute atomic E-state index is 0.0130. The van der Waals surface area contributed by atoms with Crippen molar-refractivity contribution < 1.29 is 18.0 Å². The summed E-state index contributed by atoms with van der Waals surface area (Å²) in [5.41, 5.74) is 0. The molecule has 0 aromatic carbocycles. The van der Waals surface area contributed by atoms with Gasteiger partial charge in [-0.1, -0.05) is 0 Å². The van der Waals surface area contributed by atoms with Gasteiger partial charge >= 0.3 is 0 Å². The van der Waals surface area contributed by atoms with Gasteiger partial charge in [-0.05, 0) is 39.0 Å². The Morgan fingerprint density at radius 1 is 1.36 bits per heavy atom. The van der Waals surface area contributed by atoms with E-state index in [0.717, 1.165) is 0 Å². The Hall–Kier alpha value is -1.11. The molecule has 6 nitrogen and oxygen atoms in total. The number of rotatable bonds is 5. The van der Waals surface area contributed by atoms with E-state index in [1.165, 1.54) is 6.26 Å². The van der Waals surface area contributed by atoms with Gasteiger partial charge in [0.05, 0.1) is 11.2 Å². The maximum Gasteiger partial charge on any atom is 0.224 e. The summed E-state index contributed by atoms with van der Waals surface area (Å²) in [5, 5.41) is 2.69. The molecule has 1 atom stereocenters. The molecule has 1 N–H and O–H groups in total. The number of sulfone groups is 1. The number of carbonyl (C=O) groups is 2. The summed E-state index contributed by atoms with van der Waals surface area (Å²) in [6.07, 6.45) is 3.58. The fraction of sp³-hybridized carbons (Fsp3) is 0.867. The van der Waals surface area contributed by atoms with E-state index in [2.05, 4.69) is 5.32 Å². The summed E-state index contributed by atoms with van der Waals surface area (Å²) in [5.74, 6) is 0.218. The fourth-order valence-corrected chi connectivity index (χ4v) is 4.41. The number of hydrogen-bond acceptors (Lipinski definition) is 4. The van der Waals surface area contributed by atoms with Crippen LogP contribution in [0.5, 0.6) is 0 Å². The van der Waals surface area contributed by atoms with Crippen LogP contribution in [0.4, 0.5) is 0 Å². The molecule has 7 heteroatoms. The first-order valence-corrected chi connectivity index (χ1v) is 9.90. The zero-order chi connectivity index (χ0) is 16.5. The van der Waals surface area contributed by atoms with Crippen molar-refractivity contribution in [3.63, 3.8) is 0 Å². The Morgan fingerprint density at radius 2 is 2.00 bits per heavy atom. The van der Waals surface area contributed by atoms with Crippen molar-refractivity contribution in [1.29, 1.82) is 0 Å². The molecule has 2 amide bonds. The van der Waals surface area contributed by atoms with Crippen molar-refractivity contribution in [3.8, 4) is 0 Å². The second-order valence-electron chi connectivity index (χ2n) is 6.91. The lowest BCUT2D eigenvalue weighted by molar-refractivity contribution is -0.140. The molecule has 0 aromatic heterocycles. The summed E-state index contributed by atoms with van der Waals surface area (Å²) in [7, 11) is -2.94. The van der Waals surface area contributed by atoms with Gasteiger partial charge in [0.15, 0.2) is 0 Å². The van der Waals surface area contributed by atoms with Gasteiger partial charge in [-0.15, -0.1) is 0 Å². The van der Waals surface area contributed by atoms with Gasteiger partial charge in [0.2, 0.25) is 11.8 Å². The SMILES string of the molecule is CC(C)N1CC(C(=O)NCC2CC(S(C)(=O)=O)C2)CCC1=O. The van der Waals surface area contributed by atoms with E-state index in [1.807, 2.05) is 13.8 Å². The molecule has 22 heavy (non-hydrogen) atoms. The molecule has 2 fully saturated rings. The minimum Gasteiger partial charge on any atom is -0.356 e. The molecule has 2 aliphatic rings. The Balaban J connectivity index is 1.76. The number of nitrogens with one attached hydrogen (secondary N) is 1. The molecule has 1 unspecified atom stereocenters. The highest BCUT2D eigenvalue weighted by Crippen LogP contribution is 2.32. The van der Waals surface area contributed by atoms with E-state index in [-0.39, 0.29) is 34.9 Å². The molecular weight excluding hydrogens is 304 g/mol. The van der Waals surface area contributed by atoms with Gasteiger partial charge in [0.1, 0.15) is 9.84 Å². The Kier molecular flexibility index (Phi) is 5.14. The average Bonchev–Trinajstić information content (AvgIpc) is 2.35. The third kappa shape index (κ3) is 4.00. The van der Waals surface area contributed by atoms with E-state index in [0.29, 0.717) is 38.8 Å². The topological polar surface area (TPSA) is 83.6 Å². The zero-order valence-electron chi connectivity index (χ0n) is 13.5. The number of nitrogens with zero attached hydrogens (tertiary/aromatic N) is 1. The van der Waals surface area contributed by atoms with Crippen molar-refractivity contribution in [2.75, 3.05) is 19.3 Å².